The largest absolute Gasteiger partial charge is 0.379 e. The maximum absolute atomic E-state index is 12.9. The van der Waals surface area contributed by atoms with E-state index in [9.17, 15) is 13.2 Å². The zero-order valence-corrected chi connectivity index (χ0v) is 19.1. The Morgan fingerprint density at radius 2 is 1.44 bits per heavy atom. The highest BCUT2D eigenvalue weighted by atomic mass is 32.2. The monoisotopic (exact) mass is 459 g/mol. The Hall–Kier alpha value is -2.46. The molecule has 2 fully saturated rings. The van der Waals surface area contributed by atoms with Gasteiger partial charge in [-0.15, -0.1) is 0 Å². The van der Waals surface area contributed by atoms with E-state index >= 15 is 0 Å². The fourth-order valence-corrected chi connectivity index (χ4v) is 5.31. The van der Waals surface area contributed by atoms with Gasteiger partial charge in [-0.05, 0) is 42.0 Å². The molecular weight excluding hydrogens is 430 g/mol. The molecule has 0 aromatic heterocycles. The van der Waals surface area contributed by atoms with Crippen LogP contribution in [0.25, 0.3) is 0 Å². The number of hydrogen-bond donors (Lipinski definition) is 0. The van der Waals surface area contributed by atoms with Gasteiger partial charge in [0.1, 0.15) is 0 Å². The first-order valence-electron chi connectivity index (χ1n) is 10.8. The Balaban J connectivity index is 1.38. The quantitative estimate of drug-likeness (QED) is 0.656. The van der Waals surface area contributed by atoms with E-state index in [0.717, 1.165) is 37.6 Å². The lowest BCUT2D eigenvalue weighted by atomic mass is 10.1. The average Bonchev–Trinajstić information content (AvgIpc) is 2.85. The molecule has 2 saturated heterocycles. The molecule has 0 radical (unpaired) electrons. The molecule has 0 saturated carbocycles. The first kappa shape index (κ1) is 22.7. The van der Waals surface area contributed by atoms with E-state index in [1.807, 2.05) is 12.1 Å². The van der Waals surface area contributed by atoms with Crippen LogP contribution < -0.4 is 4.90 Å². The number of benzene rings is 2. The smallest absolute Gasteiger partial charge is 0.253 e. The second kappa shape index (κ2) is 9.99. The van der Waals surface area contributed by atoms with Crippen molar-refractivity contribution in [3.05, 3.63) is 59.7 Å². The van der Waals surface area contributed by atoms with Crippen LogP contribution in [0.2, 0.25) is 0 Å². The van der Waals surface area contributed by atoms with Gasteiger partial charge >= 0.3 is 0 Å². The zero-order chi connectivity index (χ0) is 22.6. The molecule has 0 atom stereocenters. The number of anilines is 1. The Bertz CT molecular complexity index is 1010. The lowest BCUT2D eigenvalue weighted by Gasteiger charge is -2.29. The van der Waals surface area contributed by atoms with E-state index < -0.39 is 10.0 Å². The summed E-state index contributed by atoms with van der Waals surface area (Å²) in [7, 11) is -1.82. The van der Waals surface area contributed by atoms with Crippen molar-refractivity contribution in [1.29, 1.82) is 0 Å². The first-order chi connectivity index (χ1) is 15.4. The van der Waals surface area contributed by atoms with Crippen LogP contribution in [-0.2, 0) is 26.0 Å². The second-order valence-corrected chi connectivity index (χ2v) is 9.91. The third-order valence-corrected chi connectivity index (χ3v) is 7.70. The molecule has 2 aromatic carbocycles. The van der Waals surface area contributed by atoms with E-state index in [2.05, 4.69) is 17.0 Å². The highest BCUT2D eigenvalue weighted by Gasteiger charge is 2.26. The Kier molecular flexibility index (Phi) is 7.10. The summed E-state index contributed by atoms with van der Waals surface area (Å²) in [5.41, 5.74) is 2.64. The summed E-state index contributed by atoms with van der Waals surface area (Å²) in [6.07, 6.45) is 0. The number of carbonyl (C=O) groups excluding carboxylic acids is 1. The van der Waals surface area contributed by atoms with Crippen LogP contribution in [0.3, 0.4) is 0 Å². The van der Waals surface area contributed by atoms with E-state index in [0.29, 0.717) is 38.4 Å². The summed E-state index contributed by atoms with van der Waals surface area (Å²) in [4.78, 5) is 17.0. The number of hydrogen-bond acceptors (Lipinski definition) is 6. The maximum Gasteiger partial charge on any atom is 0.253 e. The van der Waals surface area contributed by atoms with Crippen molar-refractivity contribution in [1.82, 2.24) is 9.21 Å². The van der Waals surface area contributed by atoms with Gasteiger partial charge in [0, 0.05) is 51.0 Å². The van der Waals surface area contributed by atoms with Crippen LogP contribution in [-0.4, -0.2) is 83.2 Å². The van der Waals surface area contributed by atoms with Crippen LogP contribution in [0.4, 0.5) is 5.69 Å². The van der Waals surface area contributed by atoms with Crippen molar-refractivity contribution in [3.63, 3.8) is 0 Å². The van der Waals surface area contributed by atoms with Gasteiger partial charge in [0.15, 0.2) is 0 Å². The molecule has 2 heterocycles. The molecule has 2 aromatic rings. The molecule has 9 heteroatoms. The molecule has 0 N–H and O–H groups in total. The van der Waals surface area contributed by atoms with Crippen molar-refractivity contribution in [2.24, 2.45) is 0 Å². The highest BCUT2D eigenvalue weighted by molar-refractivity contribution is 7.89. The minimum Gasteiger partial charge on any atom is -0.379 e. The molecule has 0 spiro atoms. The number of ether oxygens (including phenoxy) is 2. The summed E-state index contributed by atoms with van der Waals surface area (Å²) >= 11 is 0. The van der Waals surface area contributed by atoms with Crippen molar-refractivity contribution >= 4 is 21.6 Å². The van der Waals surface area contributed by atoms with Crippen molar-refractivity contribution in [2.75, 3.05) is 64.6 Å². The van der Waals surface area contributed by atoms with Gasteiger partial charge in [0.25, 0.3) is 5.91 Å². The van der Waals surface area contributed by atoms with Gasteiger partial charge < -0.3 is 19.3 Å². The van der Waals surface area contributed by atoms with E-state index in [1.54, 1.807) is 24.1 Å². The number of rotatable bonds is 6. The van der Waals surface area contributed by atoms with Gasteiger partial charge in [-0.1, -0.05) is 12.1 Å². The Morgan fingerprint density at radius 3 is 2.03 bits per heavy atom. The summed E-state index contributed by atoms with van der Waals surface area (Å²) in [5.74, 6) is -0.155. The molecule has 0 unspecified atom stereocenters. The van der Waals surface area contributed by atoms with Crippen molar-refractivity contribution in [3.8, 4) is 0 Å². The van der Waals surface area contributed by atoms with E-state index in [-0.39, 0.29) is 10.8 Å². The SMILES string of the molecule is CN(Cc1ccc(N2CCOCC2)cc1)C(=O)c1ccc(S(=O)(=O)N2CCOCC2)cc1. The normalized spacial score (nSPS) is 17.8. The van der Waals surface area contributed by atoms with Crippen LogP contribution in [0.15, 0.2) is 53.4 Å². The number of amides is 1. The molecule has 2 aliphatic heterocycles. The third-order valence-electron chi connectivity index (χ3n) is 5.79. The first-order valence-corrected chi connectivity index (χ1v) is 12.2. The summed E-state index contributed by atoms with van der Waals surface area (Å²) < 4.78 is 37.5. The Morgan fingerprint density at radius 1 is 0.875 bits per heavy atom. The van der Waals surface area contributed by atoms with Crippen LogP contribution in [0.5, 0.6) is 0 Å². The molecule has 1 amide bonds. The minimum atomic E-state index is -3.57. The molecular formula is C23H29N3O5S. The maximum atomic E-state index is 12.9. The molecule has 0 aliphatic carbocycles. The number of carbonyl (C=O) groups is 1. The molecule has 32 heavy (non-hydrogen) atoms. The number of sulfonamides is 1. The Labute approximate surface area is 189 Å². The molecule has 2 aliphatic rings. The van der Waals surface area contributed by atoms with Gasteiger partial charge in [-0.2, -0.15) is 4.31 Å². The molecule has 8 nitrogen and oxygen atoms in total. The summed E-state index contributed by atoms with van der Waals surface area (Å²) in [5, 5.41) is 0. The average molecular weight is 460 g/mol. The summed E-state index contributed by atoms with van der Waals surface area (Å²) in [6.45, 7) is 5.20. The van der Waals surface area contributed by atoms with E-state index in [4.69, 9.17) is 9.47 Å². The second-order valence-electron chi connectivity index (χ2n) is 7.97. The molecule has 172 valence electrons. The zero-order valence-electron chi connectivity index (χ0n) is 18.3. The highest BCUT2D eigenvalue weighted by Crippen LogP contribution is 2.20. The van der Waals surface area contributed by atoms with Gasteiger partial charge in [0.05, 0.1) is 31.3 Å². The topological polar surface area (TPSA) is 79.4 Å². The predicted octanol–water partition coefficient (Wildman–Crippen LogP) is 1.82. The number of nitrogens with zero attached hydrogens (tertiary/aromatic N) is 3. The molecule has 4 rings (SSSR count). The third kappa shape index (κ3) is 5.12. The minimum absolute atomic E-state index is 0.155. The van der Waals surface area contributed by atoms with Crippen molar-refractivity contribution < 1.29 is 22.7 Å². The molecule has 0 bridgehead atoms. The predicted molar refractivity (Wildman–Crippen MR) is 121 cm³/mol. The van der Waals surface area contributed by atoms with Gasteiger partial charge in [-0.25, -0.2) is 8.42 Å². The van der Waals surface area contributed by atoms with Gasteiger partial charge in [0.2, 0.25) is 10.0 Å². The lowest BCUT2D eigenvalue weighted by Crippen LogP contribution is -2.40. The van der Waals surface area contributed by atoms with Gasteiger partial charge in [-0.3, -0.25) is 4.79 Å². The fourth-order valence-electron chi connectivity index (χ4n) is 3.91. The number of morpholine rings is 2. The standard InChI is InChI=1S/C23H29N3O5S/c1-24(18-19-2-6-21(7-3-19)25-10-14-30-15-11-25)23(27)20-4-8-22(9-5-20)32(28,29)26-12-16-31-17-13-26/h2-9H,10-18H2,1H3. The van der Waals surface area contributed by atoms with Crippen LogP contribution in [0.1, 0.15) is 15.9 Å². The van der Waals surface area contributed by atoms with Crippen LogP contribution >= 0.6 is 0 Å². The van der Waals surface area contributed by atoms with Crippen molar-refractivity contribution in [2.45, 2.75) is 11.4 Å². The lowest BCUT2D eigenvalue weighted by molar-refractivity contribution is 0.0730. The fraction of sp³-hybridized carbons (Fsp3) is 0.435. The summed E-state index contributed by atoms with van der Waals surface area (Å²) in [6, 6.07) is 14.4. The van der Waals surface area contributed by atoms with Crippen LogP contribution in [0, 0.1) is 0 Å². The van der Waals surface area contributed by atoms with E-state index in [1.165, 1.54) is 16.4 Å².